The van der Waals surface area contributed by atoms with E-state index in [9.17, 15) is 18.0 Å². The van der Waals surface area contributed by atoms with E-state index in [1.165, 1.54) is 12.1 Å². The number of carbonyl (C=O) groups excluding carboxylic acids is 1. The largest absolute Gasteiger partial charge is 0.416 e. The van der Waals surface area contributed by atoms with Crippen molar-refractivity contribution in [2.75, 3.05) is 11.9 Å². The lowest BCUT2D eigenvalue weighted by molar-refractivity contribution is -0.137. The normalized spacial score (nSPS) is 12.5. The molecule has 0 saturated carbocycles. The molecule has 23 heavy (non-hydrogen) atoms. The molecular weight excluding hydrogens is 305 g/mol. The number of rotatable bonds is 5. The van der Waals surface area contributed by atoms with Gasteiger partial charge in [0.2, 0.25) is 5.91 Å². The first kappa shape index (κ1) is 16.9. The Labute approximate surface area is 132 Å². The van der Waals surface area contributed by atoms with Gasteiger partial charge in [-0.05, 0) is 30.7 Å². The van der Waals surface area contributed by atoms with Crippen LogP contribution in [-0.2, 0) is 11.0 Å². The minimum Gasteiger partial charge on any atom is -0.376 e. The van der Waals surface area contributed by atoms with Crippen LogP contribution >= 0.6 is 0 Å². The molecule has 0 aliphatic carbocycles. The van der Waals surface area contributed by atoms with E-state index in [0.29, 0.717) is 0 Å². The molecular formula is C17H17F3N2O. The van der Waals surface area contributed by atoms with E-state index in [-0.39, 0.29) is 24.2 Å². The van der Waals surface area contributed by atoms with Crippen LogP contribution in [0.3, 0.4) is 0 Å². The molecule has 1 atom stereocenters. The lowest BCUT2D eigenvalue weighted by Crippen LogP contribution is -2.32. The summed E-state index contributed by atoms with van der Waals surface area (Å²) in [6, 6.07) is 14.0. The Hall–Kier alpha value is -2.50. The molecule has 0 fully saturated rings. The number of halogens is 3. The highest BCUT2D eigenvalue weighted by Crippen LogP contribution is 2.30. The zero-order valence-corrected chi connectivity index (χ0v) is 12.5. The van der Waals surface area contributed by atoms with E-state index in [1.54, 1.807) is 0 Å². The van der Waals surface area contributed by atoms with Crippen LogP contribution in [0.5, 0.6) is 0 Å². The number of amides is 1. The average molecular weight is 322 g/mol. The number of carbonyl (C=O) groups is 1. The van der Waals surface area contributed by atoms with E-state index in [0.717, 1.165) is 17.7 Å². The van der Waals surface area contributed by atoms with Crippen molar-refractivity contribution in [1.82, 2.24) is 5.32 Å². The molecule has 2 aromatic carbocycles. The van der Waals surface area contributed by atoms with Gasteiger partial charge in [0.1, 0.15) is 0 Å². The summed E-state index contributed by atoms with van der Waals surface area (Å²) < 4.78 is 37.9. The third-order valence-corrected chi connectivity index (χ3v) is 3.32. The zero-order valence-electron chi connectivity index (χ0n) is 12.5. The molecule has 0 bridgehead atoms. The van der Waals surface area contributed by atoms with Crippen molar-refractivity contribution in [1.29, 1.82) is 0 Å². The quantitative estimate of drug-likeness (QED) is 0.874. The van der Waals surface area contributed by atoms with E-state index in [2.05, 4.69) is 10.6 Å². The number of alkyl halides is 3. The van der Waals surface area contributed by atoms with Crippen molar-refractivity contribution in [3.8, 4) is 0 Å². The lowest BCUT2D eigenvalue weighted by atomic mass is 10.1. The minimum absolute atomic E-state index is 0.0987. The van der Waals surface area contributed by atoms with Crippen molar-refractivity contribution in [2.45, 2.75) is 19.1 Å². The second-order valence-electron chi connectivity index (χ2n) is 5.13. The van der Waals surface area contributed by atoms with Gasteiger partial charge in [-0.1, -0.05) is 36.4 Å². The van der Waals surface area contributed by atoms with E-state index >= 15 is 0 Å². The Morgan fingerprint density at radius 2 is 1.78 bits per heavy atom. The SMILES string of the molecule is C[C@@H](NC(=O)CNc1cccc(C(F)(F)F)c1)c1ccccc1. The molecule has 0 aromatic heterocycles. The highest BCUT2D eigenvalue weighted by Gasteiger charge is 2.30. The minimum atomic E-state index is -4.40. The van der Waals surface area contributed by atoms with Crippen LogP contribution in [0.4, 0.5) is 18.9 Å². The molecule has 2 aromatic rings. The zero-order chi connectivity index (χ0) is 16.9. The van der Waals surface area contributed by atoms with Crippen molar-refractivity contribution in [3.05, 3.63) is 65.7 Å². The molecule has 0 heterocycles. The van der Waals surface area contributed by atoms with Gasteiger partial charge in [-0.15, -0.1) is 0 Å². The Morgan fingerprint density at radius 1 is 1.09 bits per heavy atom. The summed E-state index contributed by atoms with van der Waals surface area (Å²) in [6.45, 7) is 1.75. The number of hydrogen-bond acceptors (Lipinski definition) is 2. The molecule has 122 valence electrons. The summed E-state index contributed by atoms with van der Waals surface area (Å²) in [4.78, 5) is 11.9. The number of benzene rings is 2. The van der Waals surface area contributed by atoms with Gasteiger partial charge in [-0.25, -0.2) is 0 Å². The van der Waals surface area contributed by atoms with Gasteiger partial charge in [0, 0.05) is 5.69 Å². The topological polar surface area (TPSA) is 41.1 Å². The third-order valence-electron chi connectivity index (χ3n) is 3.32. The fourth-order valence-electron chi connectivity index (χ4n) is 2.11. The molecule has 0 spiro atoms. The van der Waals surface area contributed by atoms with Gasteiger partial charge in [-0.3, -0.25) is 4.79 Å². The van der Waals surface area contributed by atoms with Crippen LogP contribution in [0.25, 0.3) is 0 Å². The standard InChI is InChI=1S/C17H17F3N2O/c1-12(13-6-3-2-4-7-13)22-16(23)11-21-15-9-5-8-14(10-15)17(18,19)20/h2-10,12,21H,11H2,1H3,(H,22,23)/t12-/m1/s1. The van der Waals surface area contributed by atoms with Crippen LogP contribution in [-0.4, -0.2) is 12.5 Å². The predicted octanol–water partition coefficient (Wildman–Crippen LogP) is 3.99. The van der Waals surface area contributed by atoms with E-state index < -0.39 is 11.7 Å². The van der Waals surface area contributed by atoms with E-state index in [4.69, 9.17) is 0 Å². The molecule has 0 radical (unpaired) electrons. The molecule has 0 aliphatic rings. The molecule has 0 saturated heterocycles. The van der Waals surface area contributed by atoms with Gasteiger partial charge >= 0.3 is 6.18 Å². The molecule has 6 heteroatoms. The summed E-state index contributed by atoms with van der Waals surface area (Å²) in [6.07, 6.45) is -4.40. The second-order valence-corrected chi connectivity index (χ2v) is 5.13. The summed E-state index contributed by atoms with van der Waals surface area (Å²) in [5, 5.41) is 5.49. The van der Waals surface area contributed by atoms with Gasteiger partial charge in [0.05, 0.1) is 18.2 Å². The summed E-state index contributed by atoms with van der Waals surface area (Å²) in [7, 11) is 0. The smallest absolute Gasteiger partial charge is 0.376 e. The van der Waals surface area contributed by atoms with Gasteiger partial charge < -0.3 is 10.6 Å². The predicted molar refractivity (Wildman–Crippen MR) is 82.9 cm³/mol. The maximum Gasteiger partial charge on any atom is 0.416 e. The van der Waals surface area contributed by atoms with Crippen LogP contribution in [0, 0.1) is 0 Å². The van der Waals surface area contributed by atoms with Gasteiger partial charge in [0.15, 0.2) is 0 Å². The van der Waals surface area contributed by atoms with Crippen LogP contribution in [0.1, 0.15) is 24.1 Å². The fourth-order valence-corrected chi connectivity index (χ4v) is 2.11. The highest BCUT2D eigenvalue weighted by molar-refractivity contribution is 5.81. The number of nitrogens with one attached hydrogen (secondary N) is 2. The van der Waals surface area contributed by atoms with Crippen molar-refractivity contribution in [3.63, 3.8) is 0 Å². The van der Waals surface area contributed by atoms with Crippen molar-refractivity contribution >= 4 is 11.6 Å². The van der Waals surface area contributed by atoms with Gasteiger partial charge in [0.25, 0.3) is 0 Å². The molecule has 1 amide bonds. The molecule has 2 N–H and O–H groups in total. The van der Waals surface area contributed by atoms with Crippen LogP contribution in [0.15, 0.2) is 54.6 Å². The van der Waals surface area contributed by atoms with Crippen LogP contribution < -0.4 is 10.6 Å². The maximum atomic E-state index is 12.6. The first-order valence-corrected chi connectivity index (χ1v) is 7.11. The summed E-state index contributed by atoms with van der Waals surface area (Å²) in [5.41, 5.74) is 0.461. The second kappa shape index (κ2) is 7.17. The Balaban J connectivity index is 1.90. The number of hydrogen-bond donors (Lipinski definition) is 2. The number of anilines is 1. The molecule has 3 nitrogen and oxygen atoms in total. The van der Waals surface area contributed by atoms with E-state index in [1.807, 2.05) is 37.3 Å². The molecule has 2 rings (SSSR count). The van der Waals surface area contributed by atoms with Crippen molar-refractivity contribution in [2.24, 2.45) is 0 Å². The van der Waals surface area contributed by atoms with Crippen LogP contribution in [0.2, 0.25) is 0 Å². The van der Waals surface area contributed by atoms with Crippen molar-refractivity contribution < 1.29 is 18.0 Å². The Kier molecular flexibility index (Phi) is 5.26. The summed E-state index contributed by atoms with van der Waals surface area (Å²) in [5.74, 6) is -0.293. The van der Waals surface area contributed by atoms with Gasteiger partial charge in [-0.2, -0.15) is 13.2 Å². The first-order chi connectivity index (χ1) is 10.9. The Morgan fingerprint density at radius 3 is 2.43 bits per heavy atom. The average Bonchev–Trinajstić information content (AvgIpc) is 2.53. The lowest BCUT2D eigenvalue weighted by Gasteiger charge is -2.15. The highest BCUT2D eigenvalue weighted by atomic mass is 19.4. The first-order valence-electron chi connectivity index (χ1n) is 7.11. The monoisotopic (exact) mass is 322 g/mol. The molecule has 0 unspecified atom stereocenters. The Bertz CT molecular complexity index is 656. The fraction of sp³-hybridized carbons (Fsp3) is 0.235. The summed E-state index contributed by atoms with van der Waals surface area (Å²) >= 11 is 0. The molecule has 0 aliphatic heterocycles. The third kappa shape index (κ3) is 5.02. The maximum absolute atomic E-state index is 12.6.